The Morgan fingerprint density at radius 2 is 1.90 bits per heavy atom. The summed E-state index contributed by atoms with van der Waals surface area (Å²) >= 11 is 3.50. The Morgan fingerprint density at radius 3 is 2.57 bits per heavy atom. The molecule has 108 valence electrons. The van der Waals surface area contributed by atoms with E-state index in [0.717, 1.165) is 27.8 Å². The van der Waals surface area contributed by atoms with Crippen LogP contribution in [0.4, 0.5) is 0 Å². The van der Waals surface area contributed by atoms with Gasteiger partial charge in [-0.3, -0.25) is 4.79 Å². The van der Waals surface area contributed by atoms with Crippen molar-refractivity contribution in [3.8, 4) is 5.75 Å². The van der Waals surface area contributed by atoms with Gasteiger partial charge in [-0.2, -0.15) is 0 Å². The topological polar surface area (TPSA) is 35.5 Å². The van der Waals surface area contributed by atoms with E-state index in [-0.39, 0.29) is 12.1 Å². The summed E-state index contributed by atoms with van der Waals surface area (Å²) in [6.07, 6.45) is 1.16. The van der Waals surface area contributed by atoms with Gasteiger partial charge in [0, 0.05) is 16.5 Å². The summed E-state index contributed by atoms with van der Waals surface area (Å²) in [4.78, 5) is 11.1. The molecule has 2 aromatic carbocycles. The summed E-state index contributed by atoms with van der Waals surface area (Å²) in [6, 6.07) is 15.7. The zero-order chi connectivity index (χ0) is 14.7. The molecule has 4 heteroatoms. The minimum atomic E-state index is -0.116. The molecule has 0 radical (unpaired) electrons. The average Bonchev–Trinajstić information content (AvgIpc) is 2.94. The average molecular weight is 347 g/mol. The maximum Gasteiger partial charge on any atom is 0.306 e. The molecule has 0 aromatic heterocycles. The number of hydrogen-bond acceptors (Lipinski definition) is 3. The number of cyclic esters (lactones) is 1. The maximum atomic E-state index is 11.1. The number of benzene rings is 2. The van der Waals surface area contributed by atoms with Crippen molar-refractivity contribution < 1.29 is 14.3 Å². The van der Waals surface area contributed by atoms with Crippen molar-refractivity contribution in [2.75, 3.05) is 0 Å². The number of rotatable bonds is 4. The molecule has 2 aromatic rings. The van der Waals surface area contributed by atoms with Gasteiger partial charge in [0.15, 0.2) is 0 Å². The molecule has 1 atom stereocenters. The van der Waals surface area contributed by atoms with E-state index in [1.807, 2.05) is 48.5 Å². The van der Waals surface area contributed by atoms with E-state index in [9.17, 15) is 4.79 Å². The van der Waals surface area contributed by atoms with Crippen LogP contribution in [-0.2, 0) is 16.1 Å². The van der Waals surface area contributed by atoms with Crippen LogP contribution in [0.2, 0.25) is 0 Å². The second-order valence-electron chi connectivity index (χ2n) is 4.97. The Balaban J connectivity index is 1.62. The predicted molar refractivity (Wildman–Crippen MR) is 83.0 cm³/mol. The van der Waals surface area contributed by atoms with Crippen molar-refractivity contribution >= 4 is 21.9 Å². The largest absolute Gasteiger partial charge is 0.489 e. The molecule has 0 bridgehead atoms. The normalized spacial score (nSPS) is 17.6. The van der Waals surface area contributed by atoms with Crippen LogP contribution in [0, 0.1) is 0 Å². The summed E-state index contributed by atoms with van der Waals surface area (Å²) in [5.74, 6) is 0.688. The van der Waals surface area contributed by atoms with Crippen molar-refractivity contribution in [2.45, 2.75) is 25.6 Å². The summed E-state index contributed by atoms with van der Waals surface area (Å²) in [7, 11) is 0. The molecule has 0 amide bonds. The minimum absolute atomic E-state index is 0.102. The smallest absolute Gasteiger partial charge is 0.306 e. The van der Waals surface area contributed by atoms with Gasteiger partial charge in [0.2, 0.25) is 0 Å². The lowest BCUT2D eigenvalue weighted by molar-refractivity contribution is -0.141. The van der Waals surface area contributed by atoms with Gasteiger partial charge in [-0.15, -0.1) is 0 Å². The monoisotopic (exact) mass is 346 g/mol. The SMILES string of the molecule is O=C1CCC(c2ccc(OCc3ccccc3Br)cc2)O1. The van der Waals surface area contributed by atoms with Gasteiger partial charge >= 0.3 is 5.97 Å². The summed E-state index contributed by atoms with van der Waals surface area (Å²) in [5, 5.41) is 0. The third-order valence-corrected chi connectivity index (χ3v) is 4.26. The molecule has 3 rings (SSSR count). The lowest BCUT2D eigenvalue weighted by atomic mass is 10.1. The zero-order valence-electron chi connectivity index (χ0n) is 11.4. The highest BCUT2D eigenvalue weighted by Crippen LogP contribution is 2.30. The molecular formula is C17H15BrO3. The van der Waals surface area contributed by atoms with Gasteiger partial charge in [0.25, 0.3) is 0 Å². The molecule has 1 saturated heterocycles. The molecule has 1 aliphatic heterocycles. The Bertz CT molecular complexity index is 637. The molecule has 1 aliphatic rings. The Morgan fingerprint density at radius 1 is 1.14 bits per heavy atom. The van der Waals surface area contributed by atoms with Crippen LogP contribution in [-0.4, -0.2) is 5.97 Å². The van der Waals surface area contributed by atoms with E-state index < -0.39 is 0 Å². The van der Waals surface area contributed by atoms with Gasteiger partial charge in [-0.05, 0) is 30.2 Å². The van der Waals surface area contributed by atoms with E-state index in [1.165, 1.54) is 0 Å². The first-order valence-electron chi connectivity index (χ1n) is 6.88. The molecule has 0 saturated carbocycles. The van der Waals surface area contributed by atoms with Crippen molar-refractivity contribution in [2.24, 2.45) is 0 Å². The maximum absolute atomic E-state index is 11.1. The molecule has 0 N–H and O–H groups in total. The molecule has 0 spiro atoms. The quantitative estimate of drug-likeness (QED) is 0.769. The van der Waals surface area contributed by atoms with Crippen molar-refractivity contribution in [1.29, 1.82) is 0 Å². The number of ether oxygens (including phenoxy) is 2. The van der Waals surface area contributed by atoms with E-state index in [1.54, 1.807) is 0 Å². The summed E-state index contributed by atoms with van der Waals surface area (Å²) in [5.41, 5.74) is 2.13. The van der Waals surface area contributed by atoms with Crippen LogP contribution in [0.1, 0.15) is 30.1 Å². The molecule has 1 fully saturated rings. The fraction of sp³-hybridized carbons (Fsp3) is 0.235. The van der Waals surface area contributed by atoms with E-state index >= 15 is 0 Å². The Labute approximate surface area is 132 Å². The first-order chi connectivity index (χ1) is 10.2. The van der Waals surface area contributed by atoms with Crippen LogP contribution in [0.3, 0.4) is 0 Å². The van der Waals surface area contributed by atoms with E-state index in [2.05, 4.69) is 15.9 Å². The first-order valence-corrected chi connectivity index (χ1v) is 7.67. The van der Waals surface area contributed by atoms with Crippen LogP contribution >= 0.6 is 15.9 Å². The second-order valence-corrected chi connectivity index (χ2v) is 5.82. The van der Waals surface area contributed by atoms with Gasteiger partial charge < -0.3 is 9.47 Å². The predicted octanol–water partition coefficient (Wildman–Crippen LogP) is 4.41. The lowest BCUT2D eigenvalue weighted by Gasteiger charge is -2.11. The van der Waals surface area contributed by atoms with Crippen LogP contribution < -0.4 is 4.74 Å². The molecule has 1 heterocycles. The fourth-order valence-corrected chi connectivity index (χ4v) is 2.71. The number of halogens is 1. The summed E-state index contributed by atoms with van der Waals surface area (Å²) < 4.78 is 12.1. The Kier molecular flexibility index (Phi) is 4.25. The minimum Gasteiger partial charge on any atom is -0.489 e. The lowest BCUT2D eigenvalue weighted by Crippen LogP contribution is -1.99. The third-order valence-electron chi connectivity index (χ3n) is 3.49. The molecule has 0 aliphatic carbocycles. The number of carbonyl (C=O) groups is 1. The van der Waals surface area contributed by atoms with Crippen molar-refractivity contribution in [3.63, 3.8) is 0 Å². The molecule has 1 unspecified atom stereocenters. The van der Waals surface area contributed by atoms with Gasteiger partial charge in [0.05, 0.1) is 0 Å². The van der Waals surface area contributed by atoms with Crippen LogP contribution in [0.15, 0.2) is 53.0 Å². The number of carbonyl (C=O) groups excluding carboxylic acids is 1. The molecular weight excluding hydrogens is 332 g/mol. The molecule has 21 heavy (non-hydrogen) atoms. The highest BCUT2D eigenvalue weighted by atomic mass is 79.9. The van der Waals surface area contributed by atoms with E-state index in [0.29, 0.717) is 13.0 Å². The Hall–Kier alpha value is -1.81. The number of esters is 1. The highest BCUT2D eigenvalue weighted by Gasteiger charge is 2.24. The summed E-state index contributed by atoms with van der Waals surface area (Å²) in [6.45, 7) is 0.513. The van der Waals surface area contributed by atoms with Gasteiger partial charge in [0.1, 0.15) is 18.5 Å². The molecule has 3 nitrogen and oxygen atoms in total. The van der Waals surface area contributed by atoms with Crippen molar-refractivity contribution in [3.05, 3.63) is 64.1 Å². The first kappa shape index (κ1) is 14.1. The standard InChI is InChI=1S/C17H15BrO3/c18-15-4-2-1-3-13(15)11-20-14-7-5-12(6-8-14)16-9-10-17(19)21-16/h1-8,16H,9-11H2. The van der Waals surface area contributed by atoms with Crippen LogP contribution in [0.5, 0.6) is 5.75 Å². The van der Waals surface area contributed by atoms with Crippen LogP contribution in [0.25, 0.3) is 0 Å². The fourth-order valence-electron chi connectivity index (χ4n) is 2.32. The van der Waals surface area contributed by atoms with Gasteiger partial charge in [-0.1, -0.05) is 46.3 Å². The zero-order valence-corrected chi connectivity index (χ0v) is 13.0. The van der Waals surface area contributed by atoms with E-state index in [4.69, 9.17) is 9.47 Å². The second kappa shape index (κ2) is 6.31. The number of hydrogen-bond donors (Lipinski definition) is 0. The highest BCUT2D eigenvalue weighted by molar-refractivity contribution is 9.10. The third kappa shape index (κ3) is 3.45. The van der Waals surface area contributed by atoms with Crippen molar-refractivity contribution in [1.82, 2.24) is 0 Å². The van der Waals surface area contributed by atoms with Gasteiger partial charge in [-0.25, -0.2) is 0 Å².